The smallest absolute Gasteiger partial charge is 0.294 e. The molecule has 0 amide bonds. The number of hydrogen-bond donors (Lipinski definition) is 0. The first-order valence-corrected chi connectivity index (χ1v) is 5.39. The molecule has 0 saturated heterocycles. The van der Waals surface area contributed by atoms with Crippen LogP contribution in [-0.4, -0.2) is 10.1 Å². The number of benzene rings is 1. The number of aromatic nitrogens is 2. The molecule has 74 valence electrons. The summed E-state index contributed by atoms with van der Waals surface area (Å²) in [6.07, 6.45) is 0. The monoisotopic (exact) mass is 312 g/mol. The van der Waals surface area contributed by atoms with Gasteiger partial charge in [-0.2, -0.15) is 4.98 Å². The molecule has 0 unspecified atom stereocenters. The van der Waals surface area contributed by atoms with Crippen LogP contribution in [-0.2, 0) is 0 Å². The van der Waals surface area contributed by atoms with Gasteiger partial charge >= 0.3 is 0 Å². The summed E-state index contributed by atoms with van der Waals surface area (Å²) in [6.45, 7) is 0. The molecule has 15 heavy (non-hydrogen) atoms. The lowest BCUT2D eigenvalue weighted by Crippen LogP contribution is -1.72. The molecule has 2 aromatic heterocycles. The molecule has 5 heteroatoms. The lowest BCUT2D eigenvalue weighted by Gasteiger charge is -1.83. The highest BCUT2D eigenvalue weighted by Gasteiger charge is 2.12. The Morgan fingerprint density at radius 3 is 2.80 bits per heavy atom. The number of hydrogen-bond acceptors (Lipinski definition) is 4. The van der Waals surface area contributed by atoms with Gasteiger partial charge in [0.05, 0.1) is 0 Å². The minimum absolute atomic E-state index is 0.413. The maximum Gasteiger partial charge on any atom is 0.294 e. The van der Waals surface area contributed by atoms with Crippen LogP contribution in [0.3, 0.4) is 0 Å². The minimum atomic E-state index is 0.413. The van der Waals surface area contributed by atoms with E-state index in [1.54, 1.807) is 0 Å². The number of furan rings is 1. The van der Waals surface area contributed by atoms with Crippen molar-refractivity contribution < 1.29 is 8.94 Å². The molecule has 0 aliphatic heterocycles. The van der Waals surface area contributed by atoms with Crippen LogP contribution < -0.4 is 0 Å². The molecule has 0 atom stereocenters. The van der Waals surface area contributed by atoms with E-state index in [0.29, 0.717) is 15.5 Å². The van der Waals surface area contributed by atoms with Crippen molar-refractivity contribution in [2.75, 3.05) is 0 Å². The fourth-order valence-electron chi connectivity index (χ4n) is 1.39. The van der Waals surface area contributed by atoms with Crippen LogP contribution in [0.25, 0.3) is 22.6 Å². The fraction of sp³-hybridized carbons (Fsp3) is 0. The number of nitrogens with zero attached hydrogens (tertiary/aromatic N) is 2. The predicted molar refractivity (Wildman–Crippen MR) is 62.2 cm³/mol. The van der Waals surface area contributed by atoms with Gasteiger partial charge in [-0.05, 0) is 12.1 Å². The highest BCUT2D eigenvalue weighted by molar-refractivity contribution is 14.1. The summed E-state index contributed by atoms with van der Waals surface area (Å²) < 4.78 is 11.2. The molecule has 0 spiro atoms. The van der Waals surface area contributed by atoms with E-state index in [0.717, 1.165) is 11.0 Å². The zero-order valence-corrected chi connectivity index (χ0v) is 9.63. The summed E-state index contributed by atoms with van der Waals surface area (Å²) in [5.74, 6) is 1.02. The molecule has 0 aliphatic carbocycles. The number of fused-ring (bicyclic) bond motifs is 1. The first-order valence-electron chi connectivity index (χ1n) is 4.31. The number of rotatable bonds is 1. The van der Waals surface area contributed by atoms with Crippen LogP contribution in [0.15, 0.2) is 39.3 Å². The van der Waals surface area contributed by atoms with Gasteiger partial charge in [0.15, 0.2) is 5.76 Å². The third kappa shape index (κ3) is 1.52. The summed E-state index contributed by atoms with van der Waals surface area (Å²) in [7, 11) is 0. The Balaban J connectivity index is 2.19. The van der Waals surface area contributed by atoms with Crippen LogP contribution in [0.5, 0.6) is 0 Å². The Labute approximate surface area is 98.4 Å². The van der Waals surface area contributed by atoms with E-state index in [9.17, 15) is 0 Å². The Kier molecular flexibility index (Phi) is 1.98. The van der Waals surface area contributed by atoms with Crippen molar-refractivity contribution in [1.29, 1.82) is 0 Å². The van der Waals surface area contributed by atoms with E-state index in [2.05, 4.69) is 10.1 Å². The summed E-state index contributed by atoms with van der Waals surface area (Å²) in [6, 6.07) is 9.65. The lowest BCUT2D eigenvalue weighted by molar-refractivity contribution is 0.414. The van der Waals surface area contributed by atoms with E-state index < -0.39 is 0 Å². The topological polar surface area (TPSA) is 52.1 Å². The van der Waals surface area contributed by atoms with Crippen molar-refractivity contribution in [3.63, 3.8) is 0 Å². The van der Waals surface area contributed by atoms with Crippen LogP contribution in [0.1, 0.15) is 0 Å². The van der Waals surface area contributed by atoms with Gasteiger partial charge in [-0.15, -0.1) is 0 Å². The first-order chi connectivity index (χ1) is 7.33. The van der Waals surface area contributed by atoms with E-state index in [1.807, 2.05) is 52.9 Å². The van der Waals surface area contributed by atoms with Gasteiger partial charge in [-0.1, -0.05) is 23.4 Å². The molecule has 0 radical (unpaired) electrons. The average molecular weight is 312 g/mol. The molecule has 0 aliphatic rings. The second-order valence-electron chi connectivity index (χ2n) is 3.02. The standard InChI is InChI=1S/C10H5IN2O2/c11-10-12-9(15-13-10)8-5-6-3-1-2-4-7(6)14-8/h1-5H. The Hall–Kier alpha value is -1.37. The summed E-state index contributed by atoms with van der Waals surface area (Å²) >= 11 is 1.99. The summed E-state index contributed by atoms with van der Waals surface area (Å²) in [5.41, 5.74) is 0.820. The molecule has 0 fully saturated rings. The number of para-hydroxylation sites is 1. The van der Waals surface area contributed by atoms with Gasteiger partial charge in [0, 0.05) is 28.0 Å². The molecule has 3 rings (SSSR count). The Bertz CT molecular complexity index is 581. The largest absolute Gasteiger partial charge is 0.451 e. The number of halogens is 1. The van der Waals surface area contributed by atoms with E-state index in [4.69, 9.17) is 8.94 Å². The molecule has 0 N–H and O–H groups in total. The Morgan fingerprint density at radius 1 is 1.20 bits per heavy atom. The Morgan fingerprint density at radius 2 is 2.07 bits per heavy atom. The maximum absolute atomic E-state index is 5.57. The van der Waals surface area contributed by atoms with Crippen LogP contribution in [0, 0.1) is 3.83 Å². The fourth-order valence-corrected chi connectivity index (χ4v) is 1.71. The average Bonchev–Trinajstić information content (AvgIpc) is 2.82. The maximum atomic E-state index is 5.57. The van der Waals surface area contributed by atoms with Gasteiger partial charge in [-0.3, -0.25) is 0 Å². The lowest BCUT2D eigenvalue weighted by atomic mass is 10.2. The van der Waals surface area contributed by atoms with E-state index >= 15 is 0 Å². The minimum Gasteiger partial charge on any atom is -0.451 e. The zero-order valence-electron chi connectivity index (χ0n) is 7.48. The van der Waals surface area contributed by atoms with Crippen molar-refractivity contribution >= 4 is 33.6 Å². The van der Waals surface area contributed by atoms with Crippen molar-refractivity contribution in [2.45, 2.75) is 0 Å². The van der Waals surface area contributed by atoms with Gasteiger partial charge in [0.2, 0.25) is 3.83 Å². The predicted octanol–water partition coefficient (Wildman–Crippen LogP) is 3.09. The highest BCUT2D eigenvalue weighted by atomic mass is 127. The van der Waals surface area contributed by atoms with E-state index in [1.165, 1.54) is 0 Å². The molecule has 4 nitrogen and oxygen atoms in total. The van der Waals surface area contributed by atoms with Crippen LogP contribution in [0.2, 0.25) is 0 Å². The van der Waals surface area contributed by atoms with Gasteiger partial charge < -0.3 is 8.94 Å². The molecular formula is C10H5IN2O2. The van der Waals surface area contributed by atoms with Gasteiger partial charge in [0.1, 0.15) is 5.58 Å². The van der Waals surface area contributed by atoms with Crippen molar-refractivity contribution in [3.8, 4) is 11.7 Å². The van der Waals surface area contributed by atoms with E-state index in [-0.39, 0.29) is 0 Å². The van der Waals surface area contributed by atoms with Crippen molar-refractivity contribution in [3.05, 3.63) is 34.2 Å². The SMILES string of the molecule is Ic1noc(-c2cc3ccccc3o2)n1. The van der Waals surface area contributed by atoms with Crippen molar-refractivity contribution in [1.82, 2.24) is 10.1 Å². The highest BCUT2D eigenvalue weighted by Crippen LogP contribution is 2.26. The molecule has 0 bridgehead atoms. The zero-order chi connectivity index (χ0) is 10.3. The molecule has 3 aromatic rings. The van der Waals surface area contributed by atoms with Crippen LogP contribution >= 0.6 is 22.6 Å². The quantitative estimate of drug-likeness (QED) is 0.648. The van der Waals surface area contributed by atoms with Gasteiger partial charge in [0.25, 0.3) is 5.89 Å². The second-order valence-corrected chi connectivity index (χ2v) is 3.98. The summed E-state index contributed by atoms with van der Waals surface area (Å²) in [5, 5.41) is 4.73. The van der Waals surface area contributed by atoms with Gasteiger partial charge in [-0.25, -0.2) is 0 Å². The van der Waals surface area contributed by atoms with Crippen molar-refractivity contribution in [2.24, 2.45) is 0 Å². The molecule has 1 aromatic carbocycles. The molecule has 2 heterocycles. The second kappa shape index (κ2) is 3.34. The summed E-state index contributed by atoms with van der Waals surface area (Å²) in [4.78, 5) is 4.09. The molecule has 0 saturated carbocycles. The van der Waals surface area contributed by atoms with Crippen LogP contribution in [0.4, 0.5) is 0 Å². The molecular weight excluding hydrogens is 307 g/mol. The normalized spacial score (nSPS) is 11.0. The third-order valence-corrected chi connectivity index (χ3v) is 2.48. The first kappa shape index (κ1) is 8.90. The third-order valence-electron chi connectivity index (χ3n) is 2.04.